The molecule has 103 heavy (non-hydrogen) atoms. The molecule has 0 heterocycles. The van der Waals surface area contributed by atoms with E-state index in [9.17, 15) is 43.2 Å². The molecule has 0 aromatic heterocycles. The Morgan fingerprint density at radius 2 is 0.466 bits per heavy atom. The molecule has 17 nitrogen and oxygen atoms in total. The van der Waals surface area contributed by atoms with Gasteiger partial charge in [-0.3, -0.25) is 37.3 Å². The first kappa shape index (κ1) is 101. The summed E-state index contributed by atoms with van der Waals surface area (Å²) < 4.78 is 68.9. The molecule has 3 unspecified atom stereocenters. The van der Waals surface area contributed by atoms with Crippen LogP contribution in [0.2, 0.25) is 0 Å². The second kappa shape index (κ2) is 76.8. The molecule has 0 saturated heterocycles. The van der Waals surface area contributed by atoms with E-state index in [4.69, 9.17) is 37.0 Å². The molecule has 0 fully saturated rings. The Hall–Kier alpha value is -1.94. The first-order chi connectivity index (χ1) is 50.1. The smallest absolute Gasteiger partial charge is 0.462 e. The quantitative estimate of drug-likeness (QED) is 0.0222. The third kappa shape index (κ3) is 76.6. The topological polar surface area (TPSA) is 237 Å². The highest BCUT2D eigenvalue weighted by atomic mass is 31.2. The number of rotatable bonds is 84. The first-order valence-corrected chi connectivity index (χ1v) is 46.7. The number of aliphatic hydroxyl groups excluding tert-OH is 1. The molecule has 19 heteroatoms. The fraction of sp³-hybridized carbons (Fsp3) is 0.952. The van der Waals surface area contributed by atoms with Crippen molar-refractivity contribution in [2.75, 3.05) is 39.6 Å². The Bertz CT molecular complexity index is 1960. The number of phosphoric ester groups is 2. The van der Waals surface area contributed by atoms with Gasteiger partial charge in [-0.2, -0.15) is 0 Å². The van der Waals surface area contributed by atoms with Gasteiger partial charge in [-0.25, -0.2) is 9.13 Å². The molecule has 0 saturated carbocycles. The molecule has 0 aromatic carbocycles. The lowest BCUT2D eigenvalue weighted by molar-refractivity contribution is -0.161. The van der Waals surface area contributed by atoms with Gasteiger partial charge in [-0.05, 0) is 31.6 Å². The molecule has 0 rings (SSSR count). The van der Waals surface area contributed by atoms with Crippen LogP contribution in [0.3, 0.4) is 0 Å². The van der Waals surface area contributed by atoms with Gasteiger partial charge >= 0.3 is 39.5 Å². The fourth-order valence-corrected chi connectivity index (χ4v) is 14.7. The van der Waals surface area contributed by atoms with Crippen LogP contribution >= 0.6 is 15.6 Å². The van der Waals surface area contributed by atoms with Crippen molar-refractivity contribution in [2.45, 2.75) is 470 Å². The van der Waals surface area contributed by atoms with E-state index in [-0.39, 0.29) is 25.7 Å². The Kier molecular flexibility index (Phi) is 75.4. The molecule has 0 radical (unpaired) electrons. The van der Waals surface area contributed by atoms with Gasteiger partial charge in [0.05, 0.1) is 26.4 Å². The second-order valence-corrected chi connectivity index (χ2v) is 33.4. The summed E-state index contributed by atoms with van der Waals surface area (Å²) in [5, 5.41) is 10.7. The van der Waals surface area contributed by atoms with E-state index >= 15 is 0 Å². The van der Waals surface area contributed by atoms with E-state index in [0.717, 1.165) is 95.8 Å². The van der Waals surface area contributed by atoms with Crippen LogP contribution in [0.15, 0.2) is 0 Å². The van der Waals surface area contributed by atoms with E-state index in [1.54, 1.807) is 0 Å². The molecule has 0 spiro atoms. The van der Waals surface area contributed by atoms with Crippen LogP contribution in [-0.2, 0) is 65.4 Å². The van der Waals surface area contributed by atoms with Crippen LogP contribution in [0.5, 0.6) is 0 Å². The van der Waals surface area contributed by atoms with Gasteiger partial charge in [0.2, 0.25) is 0 Å². The lowest BCUT2D eigenvalue weighted by atomic mass is 9.99. The van der Waals surface area contributed by atoms with Gasteiger partial charge in [0.1, 0.15) is 19.3 Å². The largest absolute Gasteiger partial charge is 0.472 e. The first-order valence-electron chi connectivity index (χ1n) is 43.7. The summed E-state index contributed by atoms with van der Waals surface area (Å²) in [5.41, 5.74) is 0. The monoisotopic (exact) mass is 1510 g/mol. The van der Waals surface area contributed by atoms with Gasteiger partial charge in [0, 0.05) is 25.7 Å². The summed E-state index contributed by atoms with van der Waals surface area (Å²) in [6.45, 7) is 7.38. The number of aliphatic hydroxyl groups is 1. The predicted molar refractivity (Wildman–Crippen MR) is 423 cm³/mol. The predicted octanol–water partition coefficient (Wildman–Crippen LogP) is 25.6. The number of phosphoric acid groups is 2. The highest BCUT2D eigenvalue weighted by molar-refractivity contribution is 7.47. The van der Waals surface area contributed by atoms with Crippen molar-refractivity contribution in [3.63, 3.8) is 0 Å². The minimum Gasteiger partial charge on any atom is -0.462 e. The summed E-state index contributed by atoms with van der Waals surface area (Å²) in [6.07, 6.45) is 69.3. The van der Waals surface area contributed by atoms with Crippen molar-refractivity contribution in [3.05, 3.63) is 0 Å². The fourth-order valence-electron chi connectivity index (χ4n) is 13.1. The highest BCUT2D eigenvalue weighted by Gasteiger charge is 2.30. The molecule has 0 bridgehead atoms. The second-order valence-electron chi connectivity index (χ2n) is 30.5. The van der Waals surface area contributed by atoms with E-state index in [1.165, 1.54) is 276 Å². The molecule has 0 aliphatic carbocycles. The molecular weight excluding hydrogens is 1340 g/mol. The summed E-state index contributed by atoms with van der Waals surface area (Å²) in [6, 6.07) is 0. The molecule has 6 atom stereocenters. The molecule has 0 aliphatic rings. The van der Waals surface area contributed by atoms with Gasteiger partial charge in [0.25, 0.3) is 0 Å². The maximum atomic E-state index is 13.1. The van der Waals surface area contributed by atoms with Crippen LogP contribution in [0.25, 0.3) is 0 Å². The van der Waals surface area contributed by atoms with Crippen molar-refractivity contribution in [1.29, 1.82) is 0 Å². The Balaban J connectivity index is 5.25. The highest BCUT2D eigenvalue weighted by Crippen LogP contribution is 2.45. The Labute approximate surface area is 632 Å². The summed E-state index contributed by atoms with van der Waals surface area (Å²) in [7, 11) is -9.92. The molecular formula is C84H164O17P2. The molecule has 0 amide bonds. The molecule has 612 valence electrons. The number of carbonyl (C=O) groups is 4. The number of hydrogen-bond acceptors (Lipinski definition) is 15. The van der Waals surface area contributed by atoms with Crippen molar-refractivity contribution < 1.29 is 80.2 Å². The zero-order valence-electron chi connectivity index (χ0n) is 67.5. The van der Waals surface area contributed by atoms with Crippen molar-refractivity contribution in [2.24, 2.45) is 5.92 Å². The lowest BCUT2D eigenvalue weighted by Crippen LogP contribution is -2.30. The molecule has 0 aliphatic heterocycles. The standard InChI is InChI=1S/C84H164O17P2/c1-6-10-13-16-19-22-25-28-30-32-34-36-38-40-43-49-54-59-64-69-83(88)100-79(73-95-82(87)68-63-58-53-48-42-39-37-35-33-31-29-26-23-20-17-14-11-7-2)75-98-102(90,91)96-71-78(85)72-97-103(92,93)99-76-80(74-94-81(86)67-62-57-52-47-41-27-24-21-18-15-12-8-3)101-84(89)70-65-60-55-50-45-44-46-51-56-61-66-77(5)9-4/h77-80,85H,6-76H2,1-5H3,(H,90,91)(H,92,93)/t77?,78-,79-,80-/m1/s1. The van der Waals surface area contributed by atoms with Gasteiger partial charge in [-0.15, -0.1) is 0 Å². The van der Waals surface area contributed by atoms with Crippen LogP contribution in [0.4, 0.5) is 0 Å². The van der Waals surface area contributed by atoms with Crippen LogP contribution < -0.4 is 0 Å². The van der Waals surface area contributed by atoms with E-state index in [1.807, 2.05) is 0 Å². The average Bonchev–Trinajstić information content (AvgIpc) is 0.910. The third-order valence-electron chi connectivity index (χ3n) is 20.1. The normalized spacial score (nSPS) is 14.1. The van der Waals surface area contributed by atoms with Crippen molar-refractivity contribution >= 4 is 39.5 Å². The molecule has 3 N–H and O–H groups in total. The summed E-state index contributed by atoms with van der Waals surface area (Å²) in [5.74, 6) is -1.30. The van der Waals surface area contributed by atoms with E-state index in [2.05, 4.69) is 34.6 Å². The van der Waals surface area contributed by atoms with E-state index in [0.29, 0.717) is 25.7 Å². The van der Waals surface area contributed by atoms with Gasteiger partial charge in [0.15, 0.2) is 12.2 Å². The Morgan fingerprint density at radius 3 is 0.689 bits per heavy atom. The third-order valence-corrected chi connectivity index (χ3v) is 22.0. The summed E-state index contributed by atoms with van der Waals surface area (Å²) >= 11 is 0. The zero-order valence-corrected chi connectivity index (χ0v) is 69.3. The number of ether oxygens (including phenoxy) is 4. The maximum Gasteiger partial charge on any atom is 0.472 e. The van der Waals surface area contributed by atoms with Crippen LogP contribution in [-0.4, -0.2) is 96.7 Å². The van der Waals surface area contributed by atoms with Crippen LogP contribution in [0.1, 0.15) is 452 Å². The number of esters is 4. The average molecular weight is 1510 g/mol. The lowest BCUT2D eigenvalue weighted by Gasteiger charge is -2.21. The van der Waals surface area contributed by atoms with Gasteiger partial charge in [-0.1, -0.05) is 401 Å². The number of unbranched alkanes of at least 4 members (excludes halogenated alkanes) is 55. The Morgan fingerprint density at radius 1 is 0.272 bits per heavy atom. The van der Waals surface area contributed by atoms with Crippen molar-refractivity contribution in [1.82, 2.24) is 0 Å². The minimum atomic E-state index is -4.96. The summed E-state index contributed by atoms with van der Waals surface area (Å²) in [4.78, 5) is 73.2. The maximum absolute atomic E-state index is 13.1. The minimum absolute atomic E-state index is 0.107. The SMILES string of the molecule is CCCCCCCCCCCCCCCCCCCCCC(=O)O[C@H](COC(=O)CCCCCCCCCCCCCCCCCCCC)COP(=O)(O)OC[C@@H](O)COP(=O)(O)OC[C@@H](COC(=O)CCCCCCCCCCCCCC)OC(=O)CCCCCCCCCCCCC(C)CC. The molecule has 0 aromatic rings. The van der Waals surface area contributed by atoms with Crippen molar-refractivity contribution in [3.8, 4) is 0 Å². The van der Waals surface area contributed by atoms with Crippen LogP contribution in [0, 0.1) is 5.92 Å². The van der Waals surface area contributed by atoms with E-state index < -0.39 is 97.5 Å². The van der Waals surface area contributed by atoms with Gasteiger partial charge < -0.3 is 33.8 Å². The number of carbonyl (C=O) groups excluding carboxylic acids is 4. The number of hydrogen-bond donors (Lipinski definition) is 3. The zero-order chi connectivity index (χ0) is 75.5.